The standard InChI is InChI=1S/C16H10F2N2O2/c17-13-7-6-10(8-14(13)18)15-12(9-19-22-15)16(21)20-11-4-2-1-3-5-11/h1-9H,(H,20,21). The molecular weight excluding hydrogens is 290 g/mol. The molecule has 0 saturated heterocycles. The van der Waals surface area contributed by atoms with Gasteiger partial charge < -0.3 is 9.84 Å². The number of halogens is 2. The van der Waals surface area contributed by atoms with Gasteiger partial charge in [0.1, 0.15) is 5.56 Å². The van der Waals surface area contributed by atoms with Crippen LogP contribution < -0.4 is 5.32 Å². The Hall–Kier alpha value is -3.02. The van der Waals surface area contributed by atoms with E-state index in [2.05, 4.69) is 10.5 Å². The van der Waals surface area contributed by atoms with Gasteiger partial charge in [-0.05, 0) is 30.3 Å². The van der Waals surface area contributed by atoms with Crippen molar-refractivity contribution in [1.29, 1.82) is 0 Å². The monoisotopic (exact) mass is 300 g/mol. The first-order valence-electron chi connectivity index (χ1n) is 6.41. The fourth-order valence-corrected chi connectivity index (χ4v) is 1.97. The summed E-state index contributed by atoms with van der Waals surface area (Å²) in [5.74, 6) is -2.37. The molecule has 1 amide bonds. The number of carbonyl (C=O) groups is 1. The lowest BCUT2D eigenvalue weighted by molar-refractivity contribution is 0.102. The second-order valence-electron chi connectivity index (χ2n) is 4.52. The van der Waals surface area contributed by atoms with E-state index in [9.17, 15) is 13.6 Å². The molecule has 0 saturated carbocycles. The zero-order valence-electron chi connectivity index (χ0n) is 11.2. The Balaban J connectivity index is 1.91. The van der Waals surface area contributed by atoms with E-state index in [0.717, 1.165) is 12.1 Å². The lowest BCUT2D eigenvalue weighted by atomic mass is 10.1. The number of carbonyl (C=O) groups excluding carboxylic acids is 1. The molecule has 0 unspecified atom stereocenters. The number of aromatic nitrogens is 1. The molecule has 0 bridgehead atoms. The molecule has 6 heteroatoms. The molecule has 0 aliphatic rings. The van der Waals surface area contributed by atoms with Crippen LogP contribution in [0, 0.1) is 11.6 Å². The molecule has 2 aromatic carbocycles. The molecule has 1 aromatic heterocycles. The Bertz CT molecular complexity index is 816. The number of rotatable bonds is 3. The van der Waals surface area contributed by atoms with Crippen LogP contribution in [0.2, 0.25) is 0 Å². The fourth-order valence-electron chi connectivity index (χ4n) is 1.97. The van der Waals surface area contributed by atoms with Crippen molar-refractivity contribution in [1.82, 2.24) is 5.16 Å². The van der Waals surface area contributed by atoms with Crippen molar-refractivity contribution in [2.75, 3.05) is 5.32 Å². The highest BCUT2D eigenvalue weighted by Crippen LogP contribution is 2.25. The maximum absolute atomic E-state index is 13.3. The molecule has 110 valence electrons. The van der Waals surface area contributed by atoms with E-state index in [4.69, 9.17) is 4.52 Å². The summed E-state index contributed by atoms with van der Waals surface area (Å²) in [4.78, 5) is 12.2. The summed E-state index contributed by atoms with van der Waals surface area (Å²) in [5, 5.41) is 6.23. The SMILES string of the molecule is O=C(Nc1ccccc1)c1cnoc1-c1ccc(F)c(F)c1. The lowest BCUT2D eigenvalue weighted by Crippen LogP contribution is -2.11. The van der Waals surface area contributed by atoms with Gasteiger partial charge in [0.25, 0.3) is 5.91 Å². The average Bonchev–Trinajstić information content (AvgIpc) is 3.01. The Morgan fingerprint density at radius 2 is 1.82 bits per heavy atom. The van der Waals surface area contributed by atoms with Crippen LogP contribution >= 0.6 is 0 Å². The van der Waals surface area contributed by atoms with Crippen LogP contribution in [0.4, 0.5) is 14.5 Å². The molecule has 4 nitrogen and oxygen atoms in total. The number of anilines is 1. The quantitative estimate of drug-likeness (QED) is 0.798. The molecule has 3 aromatic rings. The summed E-state index contributed by atoms with van der Waals surface area (Å²) in [6.07, 6.45) is 1.23. The first-order valence-corrected chi connectivity index (χ1v) is 6.41. The van der Waals surface area contributed by atoms with Crippen molar-refractivity contribution in [2.45, 2.75) is 0 Å². The third-order valence-electron chi connectivity index (χ3n) is 3.03. The Kier molecular flexibility index (Phi) is 3.65. The third-order valence-corrected chi connectivity index (χ3v) is 3.03. The average molecular weight is 300 g/mol. The van der Waals surface area contributed by atoms with Crippen molar-refractivity contribution in [3.8, 4) is 11.3 Å². The van der Waals surface area contributed by atoms with Crippen molar-refractivity contribution in [3.05, 3.63) is 71.9 Å². The van der Waals surface area contributed by atoms with Gasteiger partial charge in [0.05, 0.1) is 6.20 Å². The second kappa shape index (κ2) is 5.77. The van der Waals surface area contributed by atoms with Crippen molar-refractivity contribution in [3.63, 3.8) is 0 Å². The number of benzene rings is 2. The van der Waals surface area contributed by atoms with Crippen molar-refractivity contribution in [2.24, 2.45) is 0 Å². The summed E-state index contributed by atoms with van der Waals surface area (Å²) in [6.45, 7) is 0. The van der Waals surface area contributed by atoms with E-state index in [1.807, 2.05) is 6.07 Å². The largest absolute Gasteiger partial charge is 0.355 e. The van der Waals surface area contributed by atoms with E-state index >= 15 is 0 Å². The van der Waals surface area contributed by atoms with E-state index in [-0.39, 0.29) is 16.9 Å². The molecule has 0 aliphatic carbocycles. The predicted molar refractivity (Wildman–Crippen MR) is 76.3 cm³/mol. The van der Waals surface area contributed by atoms with E-state index in [1.165, 1.54) is 12.3 Å². The molecule has 0 fully saturated rings. The van der Waals surface area contributed by atoms with Crippen LogP contribution in [-0.4, -0.2) is 11.1 Å². The summed E-state index contributed by atoms with van der Waals surface area (Å²) < 4.78 is 31.3. The van der Waals surface area contributed by atoms with Crippen LogP contribution in [0.1, 0.15) is 10.4 Å². The molecular formula is C16H10F2N2O2. The first kappa shape index (κ1) is 13.9. The maximum Gasteiger partial charge on any atom is 0.261 e. The van der Waals surface area contributed by atoms with Gasteiger partial charge in [-0.15, -0.1) is 0 Å². The molecule has 0 radical (unpaired) electrons. The Morgan fingerprint density at radius 1 is 1.05 bits per heavy atom. The Labute approximate surface area is 124 Å². The highest BCUT2D eigenvalue weighted by atomic mass is 19.2. The maximum atomic E-state index is 13.3. The summed E-state index contributed by atoms with van der Waals surface area (Å²) in [6, 6.07) is 12.1. The minimum atomic E-state index is -1.02. The highest BCUT2D eigenvalue weighted by Gasteiger charge is 2.19. The summed E-state index contributed by atoms with van der Waals surface area (Å²) >= 11 is 0. The first-order chi connectivity index (χ1) is 10.6. The van der Waals surface area contributed by atoms with Gasteiger partial charge in [0.2, 0.25) is 0 Å². The van der Waals surface area contributed by atoms with Gasteiger partial charge in [-0.25, -0.2) is 8.78 Å². The van der Waals surface area contributed by atoms with E-state index in [1.54, 1.807) is 24.3 Å². The van der Waals surface area contributed by atoms with Crippen LogP contribution in [-0.2, 0) is 0 Å². The highest BCUT2D eigenvalue weighted by molar-refractivity contribution is 6.07. The van der Waals surface area contributed by atoms with Crippen molar-refractivity contribution >= 4 is 11.6 Å². The van der Waals surface area contributed by atoms with Crippen LogP contribution in [0.15, 0.2) is 59.3 Å². The molecule has 0 aliphatic heterocycles. The molecule has 22 heavy (non-hydrogen) atoms. The third kappa shape index (κ3) is 2.71. The van der Waals surface area contributed by atoms with Crippen LogP contribution in [0.5, 0.6) is 0 Å². The topological polar surface area (TPSA) is 55.1 Å². The minimum Gasteiger partial charge on any atom is -0.355 e. The molecule has 3 rings (SSSR count). The predicted octanol–water partition coefficient (Wildman–Crippen LogP) is 3.87. The van der Waals surface area contributed by atoms with E-state index < -0.39 is 17.5 Å². The smallest absolute Gasteiger partial charge is 0.261 e. The zero-order chi connectivity index (χ0) is 15.5. The van der Waals surface area contributed by atoms with Gasteiger partial charge in [-0.1, -0.05) is 23.4 Å². The molecule has 1 N–H and O–H groups in total. The van der Waals surface area contributed by atoms with Crippen LogP contribution in [0.25, 0.3) is 11.3 Å². The lowest BCUT2D eigenvalue weighted by Gasteiger charge is -2.04. The molecule has 0 spiro atoms. The van der Waals surface area contributed by atoms with Gasteiger partial charge in [-0.2, -0.15) is 0 Å². The zero-order valence-corrected chi connectivity index (χ0v) is 11.2. The van der Waals surface area contributed by atoms with Gasteiger partial charge in [0.15, 0.2) is 17.4 Å². The second-order valence-corrected chi connectivity index (χ2v) is 4.52. The molecule has 0 atom stereocenters. The van der Waals surface area contributed by atoms with E-state index in [0.29, 0.717) is 5.69 Å². The van der Waals surface area contributed by atoms with Gasteiger partial charge in [0, 0.05) is 11.3 Å². The Morgan fingerprint density at radius 3 is 2.55 bits per heavy atom. The van der Waals surface area contributed by atoms with Gasteiger partial charge in [-0.3, -0.25) is 4.79 Å². The normalized spacial score (nSPS) is 10.5. The fraction of sp³-hybridized carbons (Fsp3) is 0. The number of nitrogens with one attached hydrogen (secondary N) is 1. The minimum absolute atomic E-state index is 0.0762. The van der Waals surface area contributed by atoms with Crippen LogP contribution in [0.3, 0.4) is 0 Å². The summed E-state index contributed by atoms with van der Waals surface area (Å²) in [5.41, 5.74) is 0.967. The number of nitrogens with zero attached hydrogens (tertiary/aromatic N) is 1. The molecule has 1 heterocycles. The number of hydrogen-bond acceptors (Lipinski definition) is 3. The number of amides is 1. The number of hydrogen-bond donors (Lipinski definition) is 1. The number of para-hydroxylation sites is 1. The van der Waals surface area contributed by atoms with Gasteiger partial charge >= 0.3 is 0 Å². The summed E-state index contributed by atoms with van der Waals surface area (Å²) in [7, 11) is 0. The van der Waals surface area contributed by atoms with Crippen molar-refractivity contribution < 1.29 is 18.1 Å².